The minimum Gasteiger partial charge on any atom is -0.367 e. The van der Waals surface area contributed by atoms with E-state index in [1.54, 1.807) is 0 Å². The van der Waals surface area contributed by atoms with Gasteiger partial charge >= 0.3 is 0 Å². The molecule has 1 heterocycles. The molecule has 0 unspecified atom stereocenters. The molecule has 0 aliphatic heterocycles. The zero-order chi connectivity index (χ0) is 9.52. The quantitative estimate of drug-likeness (QED) is 0.654. The minimum absolute atomic E-state index is 0.840. The van der Waals surface area contributed by atoms with Crippen molar-refractivity contribution < 1.29 is 0 Å². The van der Waals surface area contributed by atoms with Gasteiger partial charge in [-0.2, -0.15) is 5.10 Å². The molecule has 0 aromatic carbocycles. The fourth-order valence-corrected chi connectivity index (χ4v) is 0.958. The molecule has 0 atom stereocenters. The first kappa shape index (κ1) is 9.92. The van der Waals surface area contributed by atoms with Crippen LogP contribution in [0.3, 0.4) is 0 Å². The summed E-state index contributed by atoms with van der Waals surface area (Å²) in [5, 5.41) is 14.3. The predicted octanol–water partition coefficient (Wildman–Crippen LogP) is 0.670. The Kier molecular flexibility index (Phi) is 4.18. The molecule has 1 aromatic rings. The first-order valence-electron chi connectivity index (χ1n) is 4.58. The second-order valence-corrected chi connectivity index (χ2v) is 2.79. The van der Waals surface area contributed by atoms with Gasteiger partial charge in [-0.05, 0) is 25.6 Å². The highest BCUT2D eigenvalue weighted by Crippen LogP contribution is 2.01. The second kappa shape index (κ2) is 5.48. The minimum atomic E-state index is 0.840. The topological polar surface area (TPSA) is 49.8 Å². The number of aryl methyl sites for hydroxylation is 1. The lowest BCUT2D eigenvalue weighted by molar-refractivity contribution is 0.815. The number of nitrogens with zero attached hydrogens (tertiary/aromatic N) is 2. The highest BCUT2D eigenvalue weighted by atomic mass is 15.2. The van der Waals surface area contributed by atoms with E-state index in [2.05, 4.69) is 27.8 Å². The van der Waals surface area contributed by atoms with E-state index >= 15 is 0 Å². The van der Waals surface area contributed by atoms with Crippen LogP contribution in [-0.2, 0) is 6.42 Å². The number of anilines is 1. The Morgan fingerprint density at radius 1 is 1.23 bits per heavy atom. The van der Waals surface area contributed by atoms with Gasteiger partial charge in [0.25, 0.3) is 0 Å². The van der Waals surface area contributed by atoms with E-state index in [1.807, 2.05) is 19.2 Å². The van der Waals surface area contributed by atoms with E-state index in [0.717, 1.165) is 31.0 Å². The zero-order valence-electron chi connectivity index (χ0n) is 8.17. The highest BCUT2D eigenvalue weighted by molar-refractivity contribution is 5.32. The summed E-state index contributed by atoms with van der Waals surface area (Å²) in [4.78, 5) is 0. The summed E-state index contributed by atoms with van der Waals surface area (Å²) in [5.74, 6) is 0.840. The third-order valence-electron chi connectivity index (χ3n) is 1.76. The molecule has 0 saturated heterocycles. The van der Waals surface area contributed by atoms with Gasteiger partial charge in [0, 0.05) is 13.1 Å². The molecular weight excluding hydrogens is 164 g/mol. The molecule has 0 spiro atoms. The molecule has 4 nitrogen and oxygen atoms in total. The first-order chi connectivity index (χ1) is 6.36. The average molecular weight is 180 g/mol. The Labute approximate surface area is 78.8 Å². The Morgan fingerprint density at radius 2 is 2.08 bits per heavy atom. The Morgan fingerprint density at radius 3 is 2.62 bits per heavy atom. The van der Waals surface area contributed by atoms with Crippen molar-refractivity contribution in [2.45, 2.75) is 13.3 Å². The molecule has 0 saturated carbocycles. The maximum atomic E-state index is 4.04. The summed E-state index contributed by atoms with van der Waals surface area (Å²) in [6.45, 7) is 3.87. The predicted molar refractivity (Wildman–Crippen MR) is 53.8 cm³/mol. The fourth-order valence-electron chi connectivity index (χ4n) is 0.958. The van der Waals surface area contributed by atoms with E-state index in [9.17, 15) is 0 Å². The van der Waals surface area contributed by atoms with Crippen LogP contribution in [0.15, 0.2) is 12.1 Å². The van der Waals surface area contributed by atoms with E-state index in [4.69, 9.17) is 0 Å². The van der Waals surface area contributed by atoms with E-state index in [-0.39, 0.29) is 0 Å². The van der Waals surface area contributed by atoms with Crippen LogP contribution >= 0.6 is 0 Å². The molecule has 13 heavy (non-hydrogen) atoms. The molecule has 2 N–H and O–H groups in total. The van der Waals surface area contributed by atoms with Crippen LogP contribution in [0.1, 0.15) is 12.6 Å². The lowest BCUT2D eigenvalue weighted by Gasteiger charge is -2.03. The highest BCUT2D eigenvalue weighted by Gasteiger charge is 1.94. The van der Waals surface area contributed by atoms with Crippen molar-refractivity contribution in [1.29, 1.82) is 0 Å². The summed E-state index contributed by atoms with van der Waals surface area (Å²) in [7, 11) is 1.92. The van der Waals surface area contributed by atoms with Gasteiger partial charge in [-0.25, -0.2) is 0 Å². The number of nitrogens with one attached hydrogen (secondary N) is 2. The normalized spacial score (nSPS) is 10.0. The van der Waals surface area contributed by atoms with Crippen LogP contribution in [0.5, 0.6) is 0 Å². The number of aromatic nitrogens is 2. The van der Waals surface area contributed by atoms with Crippen LogP contribution in [-0.4, -0.2) is 30.3 Å². The number of rotatable bonds is 5. The van der Waals surface area contributed by atoms with Crippen LogP contribution in [0, 0.1) is 0 Å². The van der Waals surface area contributed by atoms with E-state index in [1.165, 1.54) is 0 Å². The molecule has 0 bridgehead atoms. The van der Waals surface area contributed by atoms with Gasteiger partial charge in [0.05, 0.1) is 5.69 Å². The number of hydrogen-bond acceptors (Lipinski definition) is 4. The van der Waals surface area contributed by atoms with Gasteiger partial charge in [-0.15, -0.1) is 5.10 Å². The molecule has 1 aromatic heterocycles. The van der Waals surface area contributed by atoms with Gasteiger partial charge in [0.1, 0.15) is 5.82 Å². The Balaban J connectivity index is 2.40. The zero-order valence-corrected chi connectivity index (χ0v) is 8.17. The summed E-state index contributed by atoms with van der Waals surface area (Å²) in [6, 6.07) is 3.95. The standard InChI is InChI=1S/C9H16N4/c1-3-8-4-5-9(13-12-8)11-7-6-10-2/h4-5,10H,3,6-7H2,1-2H3,(H,11,13). The van der Waals surface area contributed by atoms with Crippen molar-refractivity contribution in [2.24, 2.45) is 0 Å². The molecule has 0 fully saturated rings. The monoisotopic (exact) mass is 180 g/mol. The first-order valence-corrected chi connectivity index (χ1v) is 4.58. The van der Waals surface area contributed by atoms with Crippen LogP contribution < -0.4 is 10.6 Å². The SMILES string of the molecule is CCc1ccc(NCCNC)nn1. The summed E-state index contributed by atoms with van der Waals surface area (Å²) in [5.41, 5.74) is 1.03. The number of likely N-dealkylation sites (N-methyl/N-ethyl adjacent to an activating group) is 1. The van der Waals surface area contributed by atoms with Gasteiger partial charge in [-0.1, -0.05) is 6.92 Å². The van der Waals surface area contributed by atoms with E-state index in [0.29, 0.717) is 0 Å². The summed E-state index contributed by atoms with van der Waals surface area (Å²) >= 11 is 0. The number of hydrogen-bond donors (Lipinski definition) is 2. The van der Waals surface area contributed by atoms with Crippen LogP contribution in [0.2, 0.25) is 0 Å². The third-order valence-corrected chi connectivity index (χ3v) is 1.76. The molecular formula is C9H16N4. The third kappa shape index (κ3) is 3.38. The van der Waals surface area contributed by atoms with Crippen molar-refractivity contribution in [1.82, 2.24) is 15.5 Å². The average Bonchev–Trinajstić information content (AvgIpc) is 2.19. The van der Waals surface area contributed by atoms with Crippen molar-refractivity contribution in [3.63, 3.8) is 0 Å². The molecule has 0 aliphatic rings. The molecule has 0 amide bonds. The molecule has 4 heteroatoms. The molecule has 0 radical (unpaired) electrons. The molecule has 1 rings (SSSR count). The molecule has 72 valence electrons. The van der Waals surface area contributed by atoms with Gasteiger partial charge in [0.2, 0.25) is 0 Å². The lowest BCUT2D eigenvalue weighted by Crippen LogP contribution is -2.18. The van der Waals surface area contributed by atoms with Gasteiger partial charge in [0.15, 0.2) is 0 Å². The maximum absolute atomic E-state index is 4.04. The van der Waals surface area contributed by atoms with Crippen molar-refractivity contribution in [3.05, 3.63) is 17.8 Å². The van der Waals surface area contributed by atoms with Crippen molar-refractivity contribution in [2.75, 3.05) is 25.5 Å². The Bertz CT molecular complexity index is 232. The lowest BCUT2D eigenvalue weighted by atomic mass is 10.3. The summed E-state index contributed by atoms with van der Waals surface area (Å²) in [6.07, 6.45) is 0.934. The Hall–Kier alpha value is -1.16. The van der Waals surface area contributed by atoms with E-state index < -0.39 is 0 Å². The molecule has 0 aliphatic carbocycles. The second-order valence-electron chi connectivity index (χ2n) is 2.79. The van der Waals surface area contributed by atoms with Gasteiger partial charge in [-0.3, -0.25) is 0 Å². The van der Waals surface area contributed by atoms with Crippen molar-refractivity contribution in [3.8, 4) is 0 Å². The fraction of sp³-hybridized carbons (Fsp3) is 0.556. The van der Waals surface area contributed by atoms with Crippen LogP contribution in [0.4, 0.5) is 5.82 Å². The maximum Gasteiger partial charge on any atom is 0.148 e. The smallest absolute Gasteiger partial charge is 0.148 e. The largest absolute Gasteiger partial charge is 0.367 e. The summed E-state index contributed by atoms with van der Waals surface area (Å²) < 4.78 is 0. The van der Waals surface area contributed by atoms with Gasteiger partial charge < -0.3 is 10.6 Å². The van der Waals surface area contributed by atoms with Crippen molar-refractivity contribution >= 4 is 5.82 Å². The van der Waals surface area contributed by atoms with Crippen LogP contribution in [0.25, 0.3) is 0 Å².